The summed E-state index contributed by atoms with van der Waals surface area (Å²) in [4.78, 5) is 17.5. The van der Waals surface area contributed by atoms with E-state index < -0.39 is 23.2 Å². The minimum absolute atomic E-state index is 0.295. The number of fused-ring (bicyclic) bond motifs is 1. The third-order valence-corrected chi connectivity index (χ3v) is 4.88. The van der Waals surface area contributed by atoms with Crippen LogP contribution in [0.2, 0.25) is 5.02 Å². The van der Waals surface area contributed by atoms with Crippen molar-refractivity contribution in [2.75, 3.05) is 0 Å². The predicted molar refractivity (Wildman–Crippen MR) is 104 cm³/mol. The van der Waals surface area contributed by atoms with E-state index in [1.165, 1.54) is 12.3 Å². The molecule has 4 aromatic rings. The number of benzene rings is 2. The highest BCUT2D eigenvalue weighted by molar-refractivity contribution is 6.34. The van der Waals surface area contributed by atoms with Crippen LogP contribution in [0.15, 0.2) is 60.8 Å². The van der Waals surface area contributed by atoms with Crippen molar-refractivity contribution in [2.45, 2.75) is 13.1 Å². The highest BCUT2D eigenvalue weighted by Gasteiger charge is 2.37. The van der Waals surface area contributed by atoms with E-state index in [9.17, 15) is 18.0 Å². The summed E-state index contributed by atoms with van der Waals surface area (Å²) in [6.45, 7) is 1.88. The van der Waals surface area contributed by atoms with Crippen LogP contribution < -0.4 is 0 Å². The summed E-state index contributed by atoms with van der Waals surface area (Å²) in [5.41, 5.74) is 0.988. The molecule has 4 rings (SSSR count). The van der Waals surface area contributed by atoms with Gasteiger partial charge in [-0.1, -0.05) is 41.9 Å². The second-order valence-corrected chi connectivity index (χ2v) is 6.82. The van der Waals surface area contributed by atoms with E-state index in [0.29, 0.717) is 16.7 Å². The van der Waals surface area contributed by atoms with Crippen LogP contribution in [0, 0.1) is 6.92 Å². The van der Waals surface area contributed by atoms with E-state index in [1.807, 2.05) is 31.2 Å². The van der Waals surface area contributed by atoms with Crippen LogP contribution in [0.5, 0.6) is 0 Å². The van der Waals surface area contributed by atoms with Crippen molar-refractivity contribution < 1.29 is 18.0 Å². The Bertz CT molecular complexity index is 1250. The van der Waals surface area contributed by atoms with Crippen LogP contribution in [-0.2, 0) is 6.18 Å². The Balaban J connectivity index is 1.98. The summed E-state index contributed by atoms with van der Waals surface area (Å²) in [6, 6.07) is 13.8. The molecule has 0 N–H and O–H groups in total. The third kappa shape index (κ3) is 3.27. The van der Waals surface area contributed by atoms with Gasteiger partial charge in [-0.2, -0.15) is 23.0 Å². The smallest absolute Gasteiger partial charge is 0.267 e. The van der Waals surface area contributed by atoms with Gasteiger partial charge in [0.05, 0.1) is 21.7 Å². The fourth-order valence-electron chi connectivity index (χ4n) is 3.21. The van der Waals surface area contributed by atoms with Crippen molar-refractivity contribution in [3.05, 3.63) is 82.5 Å². The molecule has 8 heteroatoms. The van der Waals surface area contributed by atoms with Crippen molar-refractivity contribution in [2.24, 2.45) is 0 Å². The van der Waals surface area contributed by atoms with E-state index >= 15 is 0 Å². The first-order valence-corrected chi connectivity index (χ1v) is 8.97. The molecule has 146 valence electrons. The molecular weight excluding hydrogens is 403 g/mol. The summed E-state index contributed by atoms with van der Waals surface area (Å²) in [7, 11) is 0. The lowest BCUT2D eigenvalue weighted by Crippen LogP contribution is -2.20. The molecule has 0 fully saturated rings. The van der Waals surface area contributed by atoms with Gasteiger partial charge in [-0.3, -0.25) is 9.78 Å². The summed E-state index contributed by atoms with van der Waals surface area (Å²) in [5, 5.41) is 4.04. The quantitative estimate of drug-likeness (QED) is 0.417. The first-order chi connectivity index (χ1) is 13.8. The van der Waals surface area contributed by atoms with E-state index in [2.05, 4.69) is 10.1 Å². The van der Waals surface area contributed by atoms with Crippen molar-refractivity contribution in [3.8, 4) is 11.3 Å². The lowest BCUT2D eigenvalue weighted by Gasteiger charge is -2.13. The standard InChI is InChI=1S/C21H13ClF3N3O/c1-12-6-2-3-7-13(12)18-19-16(10-5-11-26-19)28(27-18)20(29)17-14(21(23,24)25)8-4-9-15(17)22/h2-11H,1H3. The fourth-order valence-corrected chi connectivity index (χ4v) is 3.47. The highest BCUT2D eigenvalue weighted by atomic mass is 35.5. The van der Waals surface area contributed by atoms with Crippen LogP contribution >= 0.6 is 11.6 Å². The van der Waals surface area contributed by atoms with Gasteiger partial charge in [-0.15, -0.1) is 0 Å². The van der Waals surface area contributed by atoms with E-state index in [0.717, 1.165) is 27.9 Å². The lowest BCUT2D eigenvalue weighted by molar-refractivity contribution is -0.137. The SMILES string of the molecule is Cc1ccccc1-c1nn(C(=O)c2c(Cl)cccc2C(F)(F)F)c2cccnc12. The maximum absolute atomic E-state index is 13.5. The van der Waals surface area contributed by atoms with E-state index in [4.69, 9.17) is 11.6 Å². The lowest BCUT2D eigenvalue weighted by atomic mass is 10.1. The number of carbonyl (C=O) groups excluding carboxylic acids is 1. The van der Waals surface area contributed by atoms with Crippen molar-refractivity contribution in [1.29, 1.82) is 0 Å². The van der Waals surface area contributed by atoms with Gasteiger partial charge in [0.25, 0.3) is 5.91 Å². The van der Waals surface area contributed by atoms with Crippen LogP contribution in [0.3, 0.4) is 0 Å². The molecule has 0 unspecified atom stereocenters. The Morgan fingerprint density at radius 1 is 1.03 bits per heavy atom. The normalized spacial score (nSPS) is 11.8. The zero-order chi connectivity index (χ0) is 20.8. The summed E-state index contributed by atoms with van der Waals surface area (Å²) >= 11 is 6.00. The van der Waals surface area contributed by atoms with Crippen LogP contribution in [0.25, 0.3) is 22.3 Å². The number of hydrogen-bond acceptors (Lipinski definition) is 3. The van der Waals surface area contributed by atoms with E-state index in [1.54, 1.807) is 12.1 Å². The Morgan fingerprint density at radius 2 is 1.79 bits per heavy atom. The molecule has 0 aliphatic rings. The van der Waals surface area contributed by atoms with Gasteiger partial charge in [0.2, 0.25) is 0 Å². The van der Waals surface area contributed by atoms with Gasteiger partial charge in [-0.05, 0) is 36.8 Å². The number of rotatable bonds is 2. The molecule has 0 atom stereocenters. The number of halogens is 4. The Morgan fingerprint density at radius 3 is 2.52 bits per heavy atom. The predicted octanol–water partition coefficient (Wildman–Crippen LogP) is 5.77. The summed E-state index contributed by atoms with van der Waals surface area (Å²) in [6.07, 6.45) is -3.20. The van der Waals surface area contributed by atoms with Gasteiger partial charge in [0.1, 0.15) is 11.2 Å². The minimum Gasteiger partial charge on any atom is -0.267 e. The molecule has 2 aromatic carbocycles. The maximum Gasteiger partial charge on any atom is 0.417 e. The molecule has 2 heterocycles. The summed E-state index contributed by atoms with van der Waals surface area (Å²) in [5.74, 6) is -0.972. The molecule has 0 saturated heterocycles. The Kier molecular flexibility index (Phi) is 4.62. The molecular formula is C21H13ClF3N3O. The molecule has 0 aliphatic heterocycles. The molecule has 0 bridgehead atoms. The van der Waals surface area contributed by atoms with Crippen molar-refractivity contribution in [3.63, 3.8) is 0 Å². The van der Waals surface area contributed by atoms with Crippen LogP contribution in [-0.4, -0.2) is 20.7 Å². The maximum atomic E-state index is 13.5. The second kappa shape index (κ2) is 7.00. The molecule has 4 nitrogen and oxygen atoms in total. The number of hydrogen-bond donors (Lipinski definition) is 0. The second-order valence-electron chi connectivity index (χ2n) is 6.41. The van der Waals surface area contributed by atoms with Gasteiger partial charge in [-0.25, -0.2) is 0 Å². The molecule has 0 saturated carbocycles. The van der Waals surface area contributed by atoms with Gasteiger partial charge in [0, 0.05) is 11.8 Å². The number of alkyl halides is 3. The zero-order valence-corrected chi connectivity index (χ0v) is 15.8. The number of aryl methyl sites for hydroxylation is 1. The average molecular weight is 416 g/mol. The summed E-state index contributed by atoms with van der Waals surface area (Å²) < 4.78 is 41.4. The van der Waals surface area contributed by atoms with Crippen LogP contribution in [0.4, 0.5) is 13.2 Å². The van der Waals surface area contributed by atoms with Crippen molar-refractivity contribution >= 4 is 28.5 Å². The largest absolute Gasteiger partial charge is 0.417 e. The molecule has 0 radical (unpaired) electrons. The number of carbonyl (C=O) groups is 1. The Hall–Kier alpha value is -3.19. The molecule has 0 spiro atoms. The molecule has 29 heavy (non-hydrogen) atoms. The highest BCUT2D eigenvalue weighted by Crippen LogP contribution is 2.36. The monoisotopic (exact) mass is 415 g/mol. The third-order valence-electron chi connectivity index (χ3n) is 4.56. The number of nitrogens with zero attached hydrogens (tertiary/aromatic N) is 3. The average Bonchev–Trinajstić information content (AvgIpc) is 3.06. The van der Waals surface area contributed by atoms with Gasteiger partial charge >= 0.3 is 6.18 Å². The number of aromatic nitrogens is 3. The fraction of sp³-hybridized carbons (Fsp3) is 0.0952. The zero-order valence-electron chi connectivity index (χ0n) is 15.0. The number of pyridine rings is 1. The van der Waals surface area contributed by atoms with Crippen LogP contribution in [0.1, 0.15) is 21.5 Å². The first kappa shape index (κ1) is 19.1. The van der Waals surface area contributed by atoms with Crippen molar-refractivity contribution in [1.82, 2.24) is 14.8 Å². The topological polar surface area (TPSA) is 47.8 Å². The molecule has 0 amide bonds. The molecule has 2 aromatic heterocycles. The van der Waals surface area contributed by atoms with E-state index in [-0.39, 0.29) is 5.02 Å². The first-order valence-electron chi connectivity index (χ1n) is 8.59. The van der Waals surface area contributed by atoms with Gasteiger partial charge < -0.3 is 0 Å². The minimum atomic E-state index is -4.74. The Labute approximate surface area is 168 Å². The molecule has 0 aliphatic carbocycles. The van der Waals surface area contributed by atoms with Gasteiger partial charge in [0.15, 0.2) is 0 Å².